The summed E-state index contributed by atoms with van der Waals surface area (Å²) in [5, 5.41) is 30.7. The molecule has 0 aromatic carbocycles. The van der Waals surface area contributed by atoms with Crippen LogP contribution in [0, 0.1) is 22.7 Å². The minimum absolute atomic E-state index is 0.0459. The second-order valence-electron chi connectivity index (χ2n) is 4.90. The summed E-state index contributed by atoms with van der Waals surface area (Å²) in [6, 6.07) is 8.18. The van der Waals surface area contributed by atoms with Crippen molar-refractivity contribution in [1.29, 1.82) is 10.7 Å². The predicted molar refractivity (Wildman–Crippen MR) is 85.5 cm³/mol. The molecule has 0 radical (unpaired) electrons. The molecule has 7 heteroatoms. The van der Waals surface area contributed by atoms with Gasteiger partial charge < -0.3 is 4.74 Å². The van der Waals surface area contributed by atoms with Gasteiger partial charge in [-0.1, -0.05) is 6.07 Å². The fourth-order valence-electron chi connectivity index (χ4n) is 2.74. The molecule has 0 saturated carbocycles. The van der Waals surface area contributed by atoms with Crippen LogP contribution in [0.5, 0.6) is 5.88 Å². The second kappa shape index (κ2) is 5.09. The van der Waals surface area contributed by atoms with E-state index in [1.165, 1.54) is 0 Å². The lowest BCUT2D eigenvalue weighted by Crippen LogP contribution is -2.30. The van der Waals surface area contributed by atoms with Gasteiger partial charge in [-0.3, -0.25) is 10.5 Å². The van der Waals surface area contributed by atoms with Crippen molar-refractivity contribution in [2.75, 3.05) is 0 Å². The van der Waals surface area contributed by atoms with Crippen molar-refractivity contribution in [2.45, 2.75) is 5.92 Å². The van der Waals surface area contributed by atoms with Crippen LogP contribution in [0.2, 0.25) is 0 Å². The number of nitrogens with one attached hydrogen (secondary N) is 2. The van der Waals surface area contributed by atoms with Gasteiger partial charge in [0.25, 0.3) is 0 Å². The molecular formula is C15H10N4OS2. The SMILES string of the molecule is N#CC1C(=N)Oc2n[nH]c(-c3cccs3)c2C1c1ccsc1. The fourth-order valence-corrected chi connectivity index (χ4v) is 4.17. The molecule has 3 aromatic heterocycles. The predicted octanol–water partition coefficient (Wildman–Crippen LogP) is 3.84. The summed E-state index contributed by atoms with van der Waals surface area (Å²) in [6.07, 6.45) is 0. The van der Waals surface area contributed by atoms with Crippen LogP contribution in [-0.2, 0) is 0 Å². The number of aromatic amines is 1. The number of hydrogen-bond acceptors (Lipinski definition) is 6. The molecule has 0 saturated heterocycles. The van der Waals surface area contributed by atoms with Crippen molar-refractivity contribution in [1.82, 2.24) is 10.2 Å². The van der Waals surface area contributed by atoms with Gasteiger partial charge in [-0.25, -0.2) is 0 Å². The number of hydrogen-bond donors (Lipinski definition) is 2. The summed E-state index contributed by atoms with van der Waals surface area (Å²) in [5.41, 5.74) is 2.75. The highest BCUT2D eigenvalue weighted by Gasteiger charge is 2.41. The molecule has 1 aliphatic rings. The van der Waals surface area contributed by atoms with E-state index >= 15 is 0 Å². The van der Waals surface area contributed by atoms with Crippen molar-refractivity contribution in [3.05, 3.63) is 45.5 Å². The molecule has 2 unspecified atom stereocenters. The zero-order valence-electron chi connectivity index (χ0n) is 11.2. The van der Waals surface area contributed by atoms with E-state index in [2.05, 4.69) is 16.3 Å². The number of aromatic nitrogens is 2. The van der Waals surface area contributed by atoms with E-state index in [0.717, 1.165) is 21.7 Å². The Morgan fingerprint density at radius 1 is 1.36 bits per heavy atom. The molecule has 4 heterocycles. The highest BCUT2D eigenvalue weighted by Crippen LogP contribution is 2.46. The molecule has 0 spiro atoms. The molecule has 4 rings (SSSR count). The Bertz CT molecular complexity index is 858. The van der Waals surface area contributed by atoms with Gasteiger partial charge in [0, 0.05) is 5.92 Å². The molecule has 2 atom stereocenters. The molecule has 22 heavy (non-hydrogen) atoms. The van der Waals surface area contributed by atoms with Crippen LogP contribution in [0.1, 0.15) is 17.0 Å². The van der Waals surface area contributed by atoms with Gasteiger partial charge in [-0.15, -0.1) is 16.4 Å². The number of rotatable bonds is 2. The number of ether oxygens (including phenoxy) is 1. The number of nitrogens with zero attached hydrogens (tertiary/aromatic N) is 2. The van der Waals surface area contributed by atoms with Gasteiger partial charge in [0.05, 0.1) is 22.2 Å². The first kappa shape index (κ1) is 13.2. The van der Waals surface area contributed by atoms with Crippen LogP contribution < -0.4 is 4.74 Å². The van der Waals surface area contributed by atoms with E-state index in [1.807, 2.05) is 34.3 Å². The molecule has 2 N–H and O–H groups in total. The van der Waals surface area contributed by atoms with Gasteiger partial charge >= 0.3 is 0 Å². The number of fused-ring (bicyclic) bond motifs is 1. The Hall–Kier alpha value is -2.43. The first-order chi connectivity index (χ1) is 10.8. The van der Waals surface area contributed by atoms with Crippen molar-refractivity contribution in [3.8, 4) is 22.5 Å². The minimum Gasteiger partial charge on any atom is -0.422 e. The molecule has 1 aliphatic heterocycles. The topological polar surface area (TPSA) is 85.6 Å². The lowest BCUT2D eigenvalue weighted by atomic mass is 9.80. The number of thiophene rings is 2. The monoisotopic (exact) mass is 326 g/mol. The Labute approximate surface area is 134 Å². The van der Waals surface area contributed by atoms with E-state index in [1.54, 1.807) is 22.7 Å². The quantitative estimate of drug-likeness (QED) is 0.750. The zero-order chi connectivity index (χ0) is 15.1. The van der Waals surface area contributed by atoms with Crippen LogP contribution in [-0.4, -0.2) is 16.1 Å². The van der Waals surface area contributed by atoms with E-state index < -0.39 is 5.92 Å². The molecule has 3 aromatic rings. The van der Waals surface area contributed by atoms with Crippen molar-refractivity contribution >= 4 is 28.6 Å². The van der Waals surface area contributed by atoms with E-state index in [4.69, 9.17) is 10.1 Å². The third-order valence-electron chi connectivity index (χ3n) is 3.71. The molecule has 108 valence electrons. The molecule has 0 fully saturated rings. The van der Waals surface area contributed by atoms with Crippen LogP contribution >= 0.6 is 22.7 Å². The average molecular weight is 326 g/mol. The summed E-state index contributed by atoms with van der Waals surface area (Å²) in [4.78, 5) is 1.04. The smallest absolute Gasteiger partial charge is 0.244 e. The maximum Gasteiger partial charge on any atom is 0.244 e. The number of nitriles is 1. The Morgan fingerprint density at radius 2 is 2.27 bits per heavy atom. The minimum atomic E-state index is -0.640. The lowest BCUT2D eigenvalue weighted by Gasteiger charge is -2.27. The van der Waals surface area contributed by atoms with Crippen molar-refractivity contribution in [2.24, 2.45) is 5.92 Å². The maximum atomic E-state index is 9.52. The van der Waals surface area contributed by atoms with Crippen LogP contribution in [0.15, 0.2) is 34.3 Å². The normalized spacial score (nSPS) is 20.2. The van der Waals surface area contributed by atoms with Gasteiger partial charge in [0.15, 0.2) is 0 Å². The summed E-state index contributed by atoms with van der Waals surface area (Å²) in [5.74, 6) is -0.520. The van der Waals surface area contributed by atoms with Gasteiger partial charge in [-0.2, -0.15) is 16.6 Å². The third kappa shape index (κ3) is 1.89. The lowest BCUT2D eigenvalue weighted by molar-refractivity contribution is 0.437. The summed E-state index contributed by atoms with van der Waals surface area (Å²) >= 11 is 3.18. The third-order valence-corrected chi connectivity index (χ3v) is 5.30. The molecule has 0 amide bonds. The first-order valence-electron chi connectivity index (χ1n) is 6.59. The van der Waals surface area contributed by atoms with Gasteiger partial charge in [0.2, 0.25) is 11.8 Å². The maximum absolute atomic E-state index is 9.52. The summed E-state index contributed by atoms with van der Waals surface area (Å²) in [7, 11) is 0. The molecule has 5 nitrogen and oxygen atoms in total. The van der Waals surface area contributed by atoms with Crippen LogP contribution in [0.4, 0.5) is 0 Å². The van der Waals surface area contributed by atoms with Crippen LogP contribution in [0.25, 0.3) is 10.6 Å². The largest absolute Gasteiger partial charge is 0.422 e. The van der Waals surface area contributed by atoms with E-state index in [9.17, 15) is 5.26 Å². The van der Waals surface area contributed by atoms with E-state index in [-0.39, 0.29) is 11.8 Å². The highest BCUT2D eigenvalue weighted by atomic mass is 32.1. The second-order valence-corrected chi connectivity index (χ2v) is 6.63. The Kier molecular flexibility index (Phi) is 3.06. The summed E-state index contributed by atoms with van der Waals surface area (Å²) < 4.78 is 5.47. The fraction of sp³-hybridized carbons (Fsp3) is 0.133. The zero-order valence-corrected chi connectivity index (χ0v) is 12.9. The number of H-pyrrole nitrogens is 1. The summed E-state index contributed by atoms with van der Waals surface area (Å²) in [6.45, 7) is 0. The Balaban J connectivity index is 1.95. The van der Waals surface area contributed by atoms with Crippen molar-refractivity contribution in [3.63, 3.8) is 0 Å². The Morgan fingerprint density at radius 3 is 2.95 bits per heavy atom. The molecule has 0 bridgehead atoms. The van der Waals surface area contributed by atoms with Gasteiger partial charge in [-0.05, 0) is 33.8 Å². The first-order valence-corrected chi connectivity index (χ1v) is 8.42. The molecule has 0 aliphatic carbocycles. The molecular weight excluding hydrogens is 316 g/mol. The standard InChI is InChI=1S/C15H10N4OS2/c16-6-9-11(8-3-5-21-7-8)12-13(10-2-1-4-22-10)18-19-15(12)20-14(9)17/h1-5,7,9,11,17H,(H,18,19). The van der Waals surface area contributed by atoms with Crippen molar-refractivity contribution < 1.29 is 4.74 Å². The average Bonchev–Trinajstić information content (AvgIpc) is 3.26. The van der Waals surface area contributed by atoms with Gasteiger partial charge in [0.1, 0.15) is 5.92 Å². The van der Waals surface area contributed by atoms with Crippen LogP contribution in [0.3, 0.4) is 0 Å². The van der Waals surface area contributed by atoms with E-state index in [0.29, 0.717) is 5.88 Å². The highest BCUT2D eigenvalue weighted by molar-refractivity contribution is 7.13.